The molecule has 5 nitrogen and oxygen atoms in total. The van der Waals surface area contributed by atoms with Crippen LogP contribution in [-0.4, -0.2) is 22.1 Å². The predicted octanol–water partition coefficient (Wildman–Crippen LogP) is 2.78. The third-order valence-corrected chi connectivity index (χ3v) is 4.42. The van der Waals surface area contributed by atoms with Crippen molar-refractivity contribution in [2.24, 2.45) is 0 Å². The number of nitrogens with one attached hydrogen (secondary N) is 1. The Morgan fingerprint density at radius 1 is 1.09 bits per heavy atom. The quantitative estimate of drug-likeness (QED) is 0.840. The minimum Gasteiger partial charge on any atom is -0.497 e. The highest BCUT2D eigenvalue weighted by atomic mass is 32.2. The molecule has 1 N–H and O–H groups in total. The van der Waals surface area contributed by atoms with Crippen LogP contribution in [0, 0.1) is 0 Å². The number of hydrogen-bond acceptors (Lipinski definition) is 4. The maximum atomic E-state index is 12.4. The number of halogens is 2. The standard InChI is InChI=1S/C15H15F2NO4S/c1-21-12-8-6-11(7-9-12)10-18-23(19,20)14-5-3-2-4-13(14)22-15(16)17/h2-9,15,18H,10H2,1H3. The summed E-state index contributed by atoms with van der Waals surface area (Å²) in [6, 6.07) is 12.0. The Morgan fingerprint density at radius 2 is 1.74 bits per heavy atom. The smallest absolute Gasteiger partial charge is 0.387 e. The first-order valence-corrected chi connectivity index (χ1v) is 8.07. The van der Waals surface area contributed by atoms with E-state index in [2.05, 4.69) is 9.46 Å². The largest absolute Gasteiger partial charge is 0.497 e. The normalized spacial score (nSPS) is 11.5. The van der Waals surface area contributed by atoms with Gasteiger partial charge in [-0.05, 0) is 29.8 Å². The highest BCUT2D eigenvalue weighted by Crippen LogP contribution is 2.25. The fourth-order valence-electron chi connectivity index (χ4n) is 1.86. The SMILES string of the molecule is COc1ccc(CNS(=O)(=O)c2ccccc2OC(F)F)cc1. The topological polar surface area (TPSA) is 64.6 Å². The Kier molecular flexibility index (Phi) is 5.51. The number of para-hydroxylation sites is 1. The van der Waals surface area contributed by atoms with E-state index in [1.165, 1.54) is 31.4 Å². The molecule has 0 saturated heterocycles. The zero-order valence-corrected chi connectivity index (χ0v) is 13.0. The van der Waals surface area contributed by atoms with Crippen molar-refractivity contribution in [1.29, 1.82) is 0 Å². The lowest BCUT2D eigenvalue weighted by Crippen LogP contribution is -2.24. The van der Waals surface area contributed by atoms with Crippen LogP contribution in [0.15, 0.2) is 53.4 Å². The molecular formula is C15H15F2NO4S. The van der Waals surface area contributed by atoms with Gasteiger partial charge in [-0.2, -0.15) is 8.78 Å². The van der Waals surface area contributed by atoms with Crippen LogP contribution >= 0.6 is 0 Å². The van der Waals surface area contributed by atoms with Crippen molar-refractivity contribution in [3.8, 4) is 11.5 Å². The zero-order chi connectivity index (χ0) is 16.9. The maximum Gasteiger partial charge on any atom is 0.387 e. The molecule has 8 heteroatoms. The Balaban J connectivity index is 2.15. The van der Waals surface area contributed by atoms with Crippen molar-refractivity contribution in [1.82, 2.24) is 4.72 Å². The number of ether oxygens (including phenoxy) is 2. The summed E-state index contributed by atoms with van der Waals surface area (Å²) >= 11 is 0. The van der Waals surface area contributed by atoms with Gasteiger partial charge in [-0.25, -0.2) is 13.1 Å². The van der Waals surface area contributed by atoms with E-state index in [0.717, 1.165) is 0 Å². The van der Waals surface area contributed by atoms with E-state index in [1.54, 1.807) is 24.3 Å². The lowest BCUT2D eigenvalue weighted by Gasteiger charge is -2.12. The third kappa shape index (κ3) is 4.64. The minimum atomic E-state index is -3.99. The van der Waals surface area contributed by atoms with Gasteiger partial charge in [0.1, 0.15) is 16.4 Å². The molecule has 0 aliphatic heterocycles. The summed E-state index contributed by atoms with van der Waals surface area (Å²) in [7, 11) is -2.46. The van der Waals surface area contributed by atoms with Crippen molar-refractivity contribution in [3.63, 3.8) is 0 Å². The fraction of sp³-hybridized carbons (Fsp3) is 0.200. The first kappa shape index (κ1) is 17.2. The number of methoxy groups -OCH3 is 1. The first-order chi connectivity index (χ1) is 10.9. The van der Waals surface area contributed by atoms with Crippen molar-refractivity contribution in [2.75, 3.05) is 7.11 Å². The molecule has 0 atom stereocenters. The monoisotopic (exact) mass is 343 g/mol. The van der Waals surface area contributed by atoms with Crippen LogP contribution in [0.3, 0.4) is 0 Å². The second kappa shape index (κ2) is 7.38. The molecule has 0 saturated carbocycles. The van der Waals surface area contributed by atoms with E-state index in [9.17, 15) is 17.2 Å². The molecule has 0 amide bonds. The minimum absolute atomic E-state index is 0.00927. The van der Waals surface area contributed by atoms with Crippen molar-refractivity contribution in [2.45, 2.75) is 18.1 Å². The molecule has 2 aromatic rings. The van der Waals surface area contributed by atoms with E-state index in [0.29, 0.717) is 11.3 Å². The average molecular weight is 343 g/mol. The van der Waals surface area contributed by atoms with Crippen LogP contribution in [0.4, 0.5) is 8.78 Å². The summed E-state index contributed by atoms with van der Waals surface area (Å²) in [6.45, 7) is -3.09. The summed E-state index contributed by atoms with van der Waals surface area (Å²) in [4.78, 5) is -0.339. The van der Waals surface area contributed by atoms with Crippen LogP contribution in [0.5, 0.6) is 11.5 Å². The molecule has 0 fully saturated rings. The molecule has 23 heavy (non-hydrogen) atoms. The first-order valence-electron chi connectivity index (χ1n) is 6.59. The highest BCUT2D eigenvalue weighted by molar-refractivity contribution is 7.89. The molecule has 0 unspecified atom stereocenters. The number of hydrogen-bond donors (Lipinski definition) is 1. The van der Waals surface area contributed by atoms with Gasteiger partial charge in [0.2, 0.25) is 10.0 Å². The molecule has 0 radical (unpaired) electrons. The summed E-state index contributed by atoms with van der Waals surface area (Å²) < 4.78 is 60.9. The predicted molar refractivity (Wildman–Crippen MR) is 80.1 cm³/mol. The van der Waals surface area contributed by atoms with Gasteiger partial charge in [-0.15, -0.1) is 0 Å². The number of benzene rings is 2. The Bertz CT molecular complexity index is 748. The second-order valence-corrected chi connectivity index (χ2v) is 6.23. The van der Waals surface area contributed by atoms with Gasteiger partial charge in [-0.3, -0.25) is 0 Å². The van der Waals surface area contributed by atoms with Gasteiger partial charge in [0.25, 0.3) is 0 Å². The molecule has 0 heterocycles. The summed E-state index contributed by atoms with van der Waals surface area (Å²) in [5.74, 6) is 0.247. The van der Waals surface area contributed by atoms with Crippen molar-refractivity contribution in [3.05, 3.63) is 54.1 Å². The highest BCUT2D eigenvalue weighted by Gasteiger charge is 2.20. The van der Waals surface area contributed by atoms with E-state index in [1.807, 2.05) is 0 Å². The van der Waals surface area contributed by atoms with Gasteiger partial charge in [-0.1, -0.05) is 24.3 Å². The van der Waals surface area contributed by atoms with Crippen molar-refractivity contribution >= 4 is 10.0 Å². The summed E-state index contributed by atoms with van der Waals surface area (Å²) in [5, 5.41) is 0. The Morgan fingerprint density at radius 3 is 2.35 bits per heavy atom. The Hall–Kier alpha value is -2.19. The van der Waals surface area contributed by atoms with Crippen LogP contribution in [0.2, 0.25) is 0 Å². The molecule has 124 valence electrons. The molecule has 0 aliphatic rings. The molecule has 0 aliphatic carbocycles. The van der Waals surface area contributed by atoms with Gasteiger partial charge >= 0.3 is 6.61 Å². The molecule has 2 aromatic carbocycles. The summed E-state index contributed by atoms with van der Waals surface area (Å²) in [6.07, 6.45) is 0. The zero-order valence-electron chi connectivity index (χ0n) is 12.2. The molecular weight excluding hydrogens is 328 g/mol. The van der Waals surface area contributed by atoms with Gasteiger partial charge in [0.15, 0.2) is 0 Å². The van der Waals surface area contributed by atoms with Gasteiger partial charge in [0, 0.05) is 6.54 Å². The van der Waals surface area contributed by atoms with Crippen molar-refractivity contribution < 1.29 is 26.7 Å². The number of sulfonamides is 1. The van der Waals surface area contributed by atoms with E-state index < -0.39 is 22.4 Å². The fourth-order valence-corrected chi connectivity index (χ4v) is 3.02. The summed E-state index contributed by atoms with van der Waals surface area (Å²) in [5.41, 5.74) is 0.696. The van der Waals surface area contributed by atoms with Crippen LogP contribution in [0.25, 0.3) is 0 Å². The van der Waals surface area contributed by atoms with Crippen LogP contribution < -0.4 is 14.2 Å². The van der Waals surface area contributed by atoms with Crippen LogP contribution in [-0.2, 0) is 16.6 Å². The van der Waals surface area contributed by atoms with Crippen LogP contribution in [0.1, 0.15) is 5.56 Å². The van der Waals surface area contributed by atoms with E-state index in [-0.39, 0.29) is 11.4 Å². The molecule has 0 bridgehead atoms. The van der Waals surface area contributed by atoms with Gasteiger partial charge < -0.3 is 9.47 Å². The second-order valence-electron chi connectivity index (χ2n) is 4.50. The third-order valence-electron chi connectivity index (χ3n) is 2.98. The molecule has 2 rings (SSSR count). The maximum absolute atomic E-state index is 12.4. The lowest BCUT2D eigenvalue weighted by molar-refractivity contribution is -0.0517. The number of alkyl halides is 2. The van der Waals surface area contributed by atoms with E-state index in [4.69, 9.17) is 4.74 Å². The molecule has 0 spiro atoms. The Labute approximate surface area is 132 Å². The van der Waals surface area contributed by atoms with Gasteiger partial charge in [0.05, 0.1) is 7.11 Å². The lowest BCUT2D eigenvalue weighted by atomic mass is 10.2. The number of rotatable bonds is 7. The van der Waals surface area contributed by atoms with E-state index >= 15 is 0 Å². The molecule has 0 aromatic heterocycles. The average Bonchev–Trinajstić information content (AvgIpc) is 2.53.